The molecule has 3 amide bonds. The zero-order chi connectivity index (χ0) is 21.3. The molecule has 1 fully saturated rings. The van der Waals surface area contributed by atoms with Crippen LogP contribution in [0.5, 0.6) is 0 Å². The van der Waals surface area contributed by atoms with Crippen molar-refractivity contribution in [2.75, 3.05) is 4.90 Å². The third kappa shape index (κ3) is 3.77. The van der Waals surface area contributed by atoms with Gasteiger partial charge in [-0.05, 0) is 63.6 Å². The third-order valence-electron chi connectivity index (χ3n) is 5.01. The summed E-state index contributed by atoms with van der Waals surface area (Å²) in [7, 11) is 0. The molecule has 0 radical (unpaired) electrons. The number of hydrogen-bond donors (Lipinski definition) is 0. The summed E-state index contributed by atoms with van der Waals surface area (Å²) < 4.78 is 0. The minimum Gasteiger partial charge on any atom is -0.321 e. The molecule has 1 heterocycles. The second-order valence-corrected chi connectivity index (χ2v) is 8.11. The molecule has 1 aliphatic rings. The smallest absolute Gasteiger partial charge is 0.257 e. The van der Waals surface area contributed by atoms with Gasteiger partial charge in [-0.25, -0.2) is 4.90 Å². The number of aryl methyl sites for hydroxylation is 1. The molecular weight excluding hydrogens is 366 g/mol. The van der Waals surface area contributed by atoms with Crippen LogP contribution in [0, 0.1) is 18.3 Å². The molecule has 0 N–H and O–H groups in total. The molecular formula is C23H23N3O3. The molecule has 1 aliphatic heterocycles. The molecule has 6 nitrogen and oxygen atoms in total. The monoisotopic (exact) mass is 389 g/mol. The number of anilines is 1. The van der Waals surface area contributed by atoms with Gasteiger partial charge in [-0.3, -0.25) is 14.4 Å². The Morgan fingerprint density at radius 1 is 1.10 bits per heavy atom. The number of rotatable bonds is 3. The van der Waals surface area contributed by atoms with Gasteiger partial charge in [-0.2, -0.15) is 5.26 Å². The van der Waals surface area contributed by atoms with Gasteiger partial charge in [0.25, 0.3) is 11.8 Å². The van der Waals surface area contributed by atoms with E-state index in [9.17, 15) is 14.4 Å². The Bertz CT molecular complexity index is 1010. The summed E-state index contributed by atoms with van der Waals surface area (Å²) in [6.45, 7) is 7.40. The van der Waals surface area contributed by atoms with Crippen molar-refractivity contribution >= 4 is 23.4 Å². The zero-order valence-corrected chi connectivity index (χ0v) is 17.0. The maximum atomic E-state index is 13.4. The lowest BCUT2D eigenvalue weighted by molar-refractivity contribution is -0.123. The Kier molecular flexibility index (Phi) is 5.25. The molecule has 0 spiro atoms. The molecule has 2 aromatic rings. The molecule has 1 unspecified atom stereocenters. The van der Waals surface area contributed by atoms with E-state index in [0.717, 1.165) is 10.5 Å². The van der Waals surface area contributed by atoms with E-state index in [4.69, 9.17) is 5.26 Å². The molecule has 0 aliphatic carbocycles. The molecule has 1 atom stereocenters. The van der Waals surface area contributed by atoms with Crippen molar-refractivity contribution in [1.82, 2.24) is 4.90 Å². The second-order valence-electron chi connectivity index (χ2n) is 8.11. The van der Waals surface area contributed by atoms with E-state index in [1.807, 2.05) is 45.9 Å². The molecule has 2 aromatic carbocycles. The van der Waals surface area contributed by atoms with Crippen molar-refractivity contribution in [3.63, 3.8) is 0 Å². The average molecular weight is 389 g/mol. The van der Waals surface area contributed by atoms with E-state index in [1.54, 1.807) is 36.4 Å². The van der Waals surface area contributed by atoms with E-state index in [-0.39, 0.29) is 18.2 Å². The Hall–Kier alpha value is -3.46. The first-order valence-electron chi connectivity index (χ1n) is 9.41. The van der Waals surface area contributed by atoms with E-state index >= 15 is 0 Å². The average Bonchev–Trinajstić information content (AvgIpc) is 2.95. The standard InChI is InChI=1S/C23H23N3O3/c1-15-7-5-6-8-18(15)21(28)26(23(2,3)4)19-13-20(27)25(22(19)29)17-11-9-16(14-24)10-12-17/h5-12,19H,13H2,1-4H3. The molecule has 0 bridgehead atoms. The largest absolute Gasteiger partial charge is 0.321 e. The first-order chi connectivity index (χ1) is 13.6. The van der Waals surface area contributed by atoms with Gasteiger partial charge in [-0.1, -0.05) is 18.2 Å². The van der Waals surface area contributed by atoms with Gasteiger partial charge < -0.3 is 4.90 Å². The SMILES string of the molecule is Cc1ccccc1C(=O)N(C1CC(=O)N(c2ccc(C#N)cc2)C1=O)C(C)(C)C. The molecule has 0 saturated carbocycles. The van der Waals surface area contributed by atoms with Crippen molar-refractivity contribution < 1.29 is 14.4 Å². The number of benzene rings is 2. The zero-order valence-electron chi connectivity index (χ0n) is 17.0. The Balaban J connectivity index is 1.98. The van der Waals surface area contributed by atoms with E-state index in [2.05, 4.69) is 0 Å². The maximum absolute atomic E-state index is 13.4. The number of nitrogens with zero attached hydrogens (tertiary/aromatic N) is 3. The number of amides is 3. The Morgan fingerprint density at radius 3 is 2.28 bits per heavy atom. The van der Waals surface area contributed by atoms with Gasteiger partial charge in [0.05, 0.1) is 23.7 Å². The second kappa shape index (κ2) is 7.51. The van der Waals surface area contributed by atoms with Gasteiger partial charge >= 0.3 is 0 Å². The number of nitriles is 1. The van der Waals surface area contributed by atoms with E-state index in [1.165, 1.54) is 4.90 Å². The van der Waals surface area contributed by atoms with Crippen LogP contribution >= 0.6 is 0 Å². The van der Waals surface area contributed by atoms with Gasteiger partial charge in [-0.15, -0.1) is 0 Å². The van der Waals surface area contributed by atoms with Crippen LogP contribution in [0.2, 0.25) is 0 Å². The van der Waals surface area contributed by atoms with Crippen molar-refractivity contribution in [2.24, 2.45) is 0 Å². The van der Waals surface area contributed by atoms with Crippen LogP contribution in [0.15, 0.2) is 48.5 Å². The van der Waals surface area contributed by atoms with Crippen LogP contribution < -0.4 is 4.90 Å². The van der Waals surface area contributed by atoms with Crippen LogP contribution in [-0.2, 0) is 9.59 Å². The Labute approximate surface area is 170 Å². The number of imide groups is 1. The van der Waals surface area contributed by atoms with Gasteiger partial charge in [0.2, 0.25) is 5.91 Å². The predicted octanol–water partition coefficient (Wildman–Crippen LogP) is 3.44. The van der Waals surface area contributed by atoms with Crippen LogP contribution in [0.3, 0.4) is 0 Å². The molecule has 29 heavy (non-hydrogen) atoms. The fourth-order valence-electron chi connectivity index (χ4n) is 3.63. The highest BCUT2D eigenvalue weighted by molar-refractivity contribution is 6.23. The van der Waals surface area contributed by atoms with Crippen LogP contribution in [-0.4, -0.2) is 34.2 Å². The van der Waals surface area contributed by atoms with Crippen molar-refractivity contribution in [3.8, 4) is 6.07 Å². The van der Waals surface area contributed by atoms with Crippen molar-refractivity contribution in [1.29, 1.82) is 5.26 Å². The summed E-state index contributed by atoms with van der Waals surface area (Å²) in [5.41, 5.74) is 1.50. The van der Waals surface area contributed by atoms with Gasteiger partial charge in [0.1, 0.15) is 6.04 Å². The minimum absolute atomic E-state index is 0.0757. The summed E-state index contributed by atoms with van der Waals surface area (Å²) in [4.78, 5) is 41.9. The summed E-state index contributed by atoms with van der Waals surface area (Å²) >= 11 is 0. The first kappa shape index (κ1) is 20.3. The van der Waals surface area contributed by atoms with E-state index in [0.29, 0.717) is 16.8 Å². The number of carbonyl (C=O) groups is 3. The van der Waals surface area contributed by atoms with E-state index < -0.39 is 17.5 Å². The molecule has 1 saturated heterocycles. The van der Waals surface area contributed by atoms with Crippen LogP contribution in [0.25, 0.3) is 0 Å². The van der Waals surface area contributed by atoms with Crippen LogP contribution in [0.1, 0.15) is 48.7 Å². The molecule has 148 valence electrons. The van der Waals surface area contributed by atoms with Gasteiger partial charge in [0.15, 0.2) is 0 Å². The Morgan fingerprint density at radius 2 is 1.72 bits per heavy atom. The predicted molar refractivity (Wildman–Crippen MR) is 109 cm³/mol. The lowest BCUT2D eigenvalue weighted by Gasteiger charge is -2.39. The van der Waals surface area contributed by atoms with Crippen LogP contribution in [0.4, 0.5) is 5.69 Å². The molecule has 6 heteroatoms. The number of hydrogen-bond acceptors (Lipinski definition) is 4. The van der Waals surface area contributed by atoms with Crippen molar-refractivity contribution in [3.05, 3.63) is 65.2 Å². The topological polar surface area (TPSA) is 81.5 Å². The fourth-order valence-corrected chi connectivity index (χ4v) is 3.63. The summed E-state index contributed by atoms with van der Waals surface area (Å²) in [6.07, 6.45) is -0.0757. The van der Waals surface area contributed by atoms with Gasteiger partial charge in [0, 0.05) is 11.1 Å². The maximum Gasteiger partial charge on any atom is 0.257 e. The normalized spacial score (nSPS) is 16.7. The fraction of sp³-hybridized carbons (Fsp3) is 0.304. The number of carbonyl (C=O) groups excluding carboxylic acids is 3. The lowest BCUT2D eigenvalue weighted by Crippen LogP contribution is -2.54. The summed E-state index contributed by atoms with van der Waals surface area (Å²) in [5, 5.41) is 8.95. The highest BCUT2D eigenvalue weighted by Crippen LogP contribution is 2.31. The highest BCUT2D eigenvalue weighted by Gasteiger charge is 2.47. The third-order valence-corrected chi connectivity index (χ3v) is 5.01. The molecule has 3 rings (SSSR count). The minimum atomic E-state index is -0.884. The highest BCUT2D eigenvalue weighted by atomic mass is 16.2. The first-order valence-corrected chi connectivity index (χ1v) is 9.41. The summed E-state index contributed by atoms with van der Waals surface area (Å²) in [6, 6.07) is 14.6. The lowest BCUT2D eigenvalue weighted by atomic mass is 9.98. The summed E-state index contributed by atoms with van der Waals surface area (Å²) in [5.74, 6) is -1.07. The van der Waals surface area contributed by atoms with Crippen molar-refractivity contribution in [2.45, 2.75) is 45.7 Å². The quantitative estimate of drug-likeness (QED) is 0.753. The molecule has 0 aromatic heterocycles.